The van der Waals surface area contributed by atoms with E-state index >= 15 is 0 Å². The lowest BCUT2D eigenvalue weighted by Crippen LogP contribution is -2.00. The molecule has 0 aliphatic carbocycles. The molecule has 14 heavy (non-hydrogen) atoms. The molecular formula is C8H10O6. The van der Waals surface area contributed by atoms with Crippen LogP contribution in [0.4, 0.5) is 0 Å². The standard InChI is InChI=1S/C4H6O4.C4H4O2/c5-3(6)1-2-4(7)8;1-2-6-4-3-5-1/h1-2H2,(H,5,6)(H,7,8);1-4H. The molecule has 0 saturated heterocycles. The Morgan fingerprint density at radius 3 is 1.29 bits per heavy atom. The summed E-state index contributed by atoms with van der Waals surface area (Å²) in [6.45, 7) is 0. The molecule has 78 valence electrons. The molecule has 0 atom stereocenters. The van der Waals surface area contributed by atoms with Crippen molar-refractivity contribution in [2.45, 2.75) is 12.8 Å². The van der Waals surface area contributed by atoms with Crippen LogP contribution >= 0.6 is 0 Å². The SMILES string of the molecule is C1=COC=CO1.O=C(O)CCC(=O)O. The fourth-order valence-corrected chi connectivity index (χ4v) is 0.433. The van der Waals surface area contributed by atoms with Crippen LogP contribution in [0.5, 0.6) is 0 Å². The number of carboxylic acids is 2. The zero-order chi connectivity index (χ0) is 10.8. The molecule has 0 unspecified atom stereocenters. The van der Waals surface area contributed by atoms with Gasteiger partial charge in [0.2, 0.25) is 0 Å². The second-order valence-electron chi connectivity index (χ2n) is 2.10. The highest BCUT2D eigenvalue weighted by atomic mass is 16.5. The maximum Gasteiger partial charge on any atom is 0.303 e. The molecule has 0 radical (unpaired) electrons. The predicted octanol–water partition coefficient (Wildman–Crippen LogP) is 0.911. The average molecular weight is 202 g/mol. The van der Waals surface area contributed by atoms with Crippen LogP contribution in [0, 0.1) is 0 Å². The Morgan fingerprint density at radius 1 is 0.857 bits per heavy atom. The van der Waals surface area contributed by atoms with Crippen molar-refractivity contribution in [3.8, 4) is 0 Å². The fraction of sp³-hybridized carbons (Fsp3) is 0.250. The zero-order valence-electron chi connectivity index (χ0n) is 7.25. The zero-order valence-corrected chi connectivity index (χ0v) is 7.25. The highest BCUT2D eigenvalue weighted by molar-refractivity contribution is 5.75. The lowest BCUT2D eigenvalue weighted by molar-refractivity contribution is -0.143. The van der Waals surface area contributed by atoms with Crippen molar-refractivity contribution in [2.24, 2.45) is 0 Å². The van der Waals surface area contributed by atoms with Gasteiger partial charge in [0.25, 0.3) is 0 Å². The lowest BCUT2D eigenvalue weighted by atomic mass is 10.3. The molecule has 0 saturated carbocycles. The highest BCUT2D eigenvalue weighted by Crippen LogP contribution is 1.89. The number of aliphatic carboxylic acids is 2. The van der Waals surface area contributed by atoms with Gasteiger partial charge in [-0.2, -0.15) is 0 Å². The Kier molecular flexibility index (Phi) is 6.57. The second kappa shape index (κ2) is 7.66. The summed E-state index contributed by atoms with van der Waals surface area (Å²) in [5.41, 5.74) is 0. The van der Waals surface area contributed by atoms with Crippen LogP contribution in [0.2, 0.25) is 0 Å². The molecule has 6 heteroatoms. The van der Waals surface area contributed by atoms with Crippen LogP contribution in [-0.2, 0) is 19.1 Å². The molecule has 1 rings (SSSR count). The Labute approximate surface area is 80.1 Å². The van der Waals surface area contributed by atoms with Crippen LogP contribution in [0.25, 0.3) is 0 Å². The van der Waals surface area contributed by atoms with Crippen molar-refractivity contribution in [3.05, 3.63) is 25.0 Å². The van der Waals surface area contributed by atoms with Gasteiger partial charge in [0.15, 0.2) is 0 Å². The number of carbonyl (C=O) groups is 2. The molecule has 1 aliphatic rings. The first-order chi connectivity index (χ1) is 6.63. The Hall–Kier alpha value is -1.98. The Balaban J connectivity index is 0.000000249. The predicted molar refractivity (Wildman–Crippen MR) is 45.0 cm³/mol. The van der Waals surface area contributed by atoms with E-state index in [-0.39, 0.29) is 12.8 Å². The molecular weight excluding hydrogens is 192 g/mol. The number of hydrogen-bond acceptors (Lipinski definition) is 4. The van der Waals surface area contributed by atoms with Gasteiger partial charge >= 0.3 is 11.9 Å². The van der Waals surface area contributed by atoms with Gasteiger partial charge in [-0.3, -0.25) is 9.59 Å². The molecule has 6 nitrogen and oxygen atoms in total. The number of ether oxygens (including phenoxy) is 2. The second-order valence-corrected chi connectivity index (χ2v) is 2.10. The van der Waals surface area contributed by atoms with Crippen molar-refractivity contribution < 1.29 is 29.3 Å². The van der Waals surface area contributed by atoms with Crippen LogP contribution in [0.3, 0.4) is 0 Å². The van der Waals surface area contributed by atoms with Gasteiger partial charge in [0, 0.05) is 0 Å². The maximum absolute atomic E-state index is 9.64. The normalized spacial score (nSPS) is 11.7. The van der Waals surface area contributed by atoms with Crippen molar-refractivity contribution in [1.29, 1.82) is 0 Å². The summed E-state index contributed by atoms with van der Waals surface area (Å²) < 4.78 is 9.17. The van der Waals surface area contributed by atoms with Gasteiger partial charge in [-0.15, -0.1) is 0 Å². The van der Waals surface area contributed by atoms with E-state index in [4.69, 9.17) is 10.2 Å². The van der Waals surface area contributed by atoms with E-state index in [1.165, 1.54) is 25.0 Å². The number of hydrogen-bond donors (Lipinski definition) is 2. The van der Waals surface area contributed by atoms with Crippen LogP contribution in [-0.4, -0.2) is 22.2 Å². The van der Waals surface area contributed by atoms with E-state index in [1.54, 1.807) is 0 Å². The quantitative estimate of drug-likeness (QED) is 0.706. The van der Waals surface area contributed by atoms with E-state index in [1.807, 2.05) is 0 Å². The van der Waals surface area contributed by atoms with Crippen LogP contribution < -0.4 is 0 Å². The van der Waals surface area contributed by atoms with Gasteiger partial charge in [0.1, 0.15) is 25.0 Å². The maximum atomic E-state index is 9.64. The summed E-state index contributed by atoms with van der Waals surface area (Å²) in [4.78, 5) is 19.3. The van der Waals surface area contributed by atoms with Gasteiger partial charge in [-0.1, -0.05) is 0 Å². The first-order valence-electron chi connectivity index (χ1n) is 3.67. The number of rotatable bonds is 3. The van der Waals surface area contributed by atoms with Crippen molar-refractivity contribution >= 4 is 11.9 Å². The monoisotopic (exact) mass is 202 g/mol. The van der Waals surface area contributed by atoms with Crippen molar-refractivity contribution in [2.75, 3.05) is 0 Å². The first kappa shape index (κ1) is 12.0. The molecule has 0 spiro atoms. The van der Waals surface area contributed by atoms with E-state index < -0.39 is 11.9 Å². The third-order valence-corrected chi connectivity index (χ3v) is 0.978. The minimum absolute atomic E-state index is 0.296. The van der Waals surface area contributed by atoms with E-state index in [0.29, 0.717) is 0 Å². The topological polar surface area (TPSA) is 93.1 Å². The highest BCUT2D eigenvalue weighted by Gasteiger charge is 2.00. The van der Waals surface area contributed by atoms with E-state index in [9.17, 15) is 9.59 Å². The van der Waals surface area contributed by atoms with Gasteiger partial charge in [-0.25, -0.2) is 0 Å². The fourth-order valence-electron chi connectivity index (χ4n) is 0.433. The third-order valence-electron chi connectivity index (χ3n) is 0.978. The van der Waals surface area contributed by atoms with Gasteiger partial charge in [-0.05, 0) is 0 Å². The summed E-state index contributed by atoms with van der Waals surface area (Å²) in [6, 6.07) is 0. The Bertz CT molecular complexity index is 208. The molecule has 0 aromatic rings. The lowest BCUT2D eigenvalue weighted by Gasteiger charge is -1.94. The van der Waals surface area contributed by atoms with Gasteiger partial charge < -0.3 is 19.7 Å². The van der Waals surface area contributed by atoms with Gasteiger partial charge in [0.05, 0.1) is 12.8 Å². The molecule has 0 aromatic carbocycles. The van der Waals surface area contributed by atoms with Crippen molar-refractivity contribution in [1.82, 2.24) is 0 Å². The minimum atomic E-state index is -1.08. The molecule has 0 bridgehead atoms. The third kappa shape index (κ3) is 10.0. The summed E-state index contributed by atoms with van der Waals surface area (Å²) in [6.07, 6.45) is 5.24. The molecule has 0 aromatic heterocycles. The van der Waals surface area contributed by atoms with E-state index in [0.717, 1.165) is 0 Å². The van der Waals surface area contributed by atoms with Crippen LogP contribution in [0.15, 0.2) is 25.0 Å². The van der Waals surface area contributed by atoms with Crippen molar-refractivity contribution in [3.63, 3.8) is 0 Å². The molecule has 1 aliphatic heterocycles. The molecule has 0 amide bonds. The molecule has 0 fully saturated rings. The molecule has 2 N–H and O–H groups in total. The summed E-state index contributed by atoms with van der Waals surface area (Å²) in [5, 5.41) is 15.8. The summed E-state index contributed by atoms with van der Waals surface area (Å²) >= 11 is 0. The smallest absolute Gasteiger partial charge is 0.303 e. The van der Waals surface area contributed by atoms with Crippen LogP contribution in [0.1, 0.15) is 12.8 Å². The van der Waals surface area contributed by atoms with E-state index in [2.05, 4.69) is 9.47 Å². The number of carboxylic acid groups (broad SMARTS) is 2. The largest absolute Gasteiger partial charge is 0.481 e. The first-order valence-corrected chi connectivity index (χ1v) is 3.67. The summed E-state index contributed by atoms with van der Waals surface area (Å²) in [7, 11) is 0. The molecule has 1 heterocycles. The average Bonchev–Trinajstić information content (AvgIpc) is 2.18. The Morgan fingerprint density at radius 2 is 1.14 bits per heavy atom. The summed E-state index contributed by atoms with van der Waals surface area (Å²) in [5.74, 6) is -2.15. The minimum Gasteiger partial charge on any atom is -0.481 e.